The van der Waals surface area contributed by atoms with Crippen molar-refractivity contribution in [3.05, 3.63) is 29.8 Å². The summed E-state index contributed by atoms with van der Waals surface area (Å²) in [4.78, 5) is 0. The zero-order valence-electron chi connectivity index (χ0n) is 10.2. The maximum Gasteiger partial charge on any atom is 0.170 e. The SMILES string of the molecule is CCc1cccc(NC(=S)NCC(C)C)c1. The van der Waals surface area contributed by atoms with Crippen LogP contribution in [0.15, 0.2) is 24.3 Å². The Bertz CT molecular complexity index is 348. The summed E-state index contributed by atoms with van der Waals surface area (Å²) in [6.45, 7) is 7.37. The zero-order valence-corrected chi connectivity index (χ0v) is 11.0. The summed E-state index contributed by atoms with van der Waals surface area (Å²) in [5.41, 5.74) is 2.37. The lowest BCUT2D eigenvalue weighted by Crippen LogP contribution is -2.31. The fourth-order valence-electron chi connectivity index (χ4n) is 1.34. The van der Waals surface area contributed by atoms with Crippen molar-refractivity contribution < 1.29 is 0 Å². The van der Waals surface area contributed by atoms with Crippen molar-refractivity contribution in [2.75, 3.05) is 11.9 Å². The second-order valence-corrected chi connectivity index (χ2v) is 4.69. The largest absolute Gasteiger partial charge is 0.362 e. The highest BCUT2D eigenvalue weighted by Crippen LogP contribution is 2.10. The molecule has 0 atom stereocenters. The molecule has 0 radical (unpaired) electrons. The molecule has 0 spiro atoms. The number of aryl methyl sites for hydroxylation is 1. The van der Waals surface area contributed by atoms with Gasteiger partial charge in [-0.25, -0.2) is 0 Å². The molecule has 0 aliphatic heterocycles. The summed E-state index contributed by atoms with van der Waals surface area (Å²) >= 11 is 5.21. The highest BCUT2D eigenvalue weighted by atomic mass is 32.1. The van der Waals surface area contributed by atoms with Gasteiger partial charge in [0.1, 0.15) is 0 Å². The van der Waals surface area contributed by atoms with E-state index in [4.69, 9.17) is 12.2 Å². The minimum absolute atomic E-state index is 0.599. The Balaban J connectivity index is 2.49. The van der Waals surface area contributed by atoms with Crippen molar-refractivity contribution in [3.8, 4) is 0 Å². The van der Waals surface area contributed by atoms with E-state index in [0.717, 1.165) is 18.7 Å². The van der Waals surface area contributed by atoms with E-state index in [1.54, 1.807) is 0 Å². The van der Waals surface area contributed by atoms with Crippen LogP contribution in [0.1, 0.15) is 26.3 Å². The lowest BCUT2D eigenvalue weighted by Gasteiger charge is -2.12. The van der Waals surface area contributed by atoms with Gasteiger partial charge in [-0.1, -0.05) is 32.9 Å². The van der Waals surface area contributed by atoms with Gasteiger partial charge in [0, 0.05) is 12.2 Å². The summed E-state index contributed by atoms with van der Waals surface area (Å²) in [5.74, 6) is 0.599. The lowest BCUT2D eigenvalue weighted by molar-refractivity contribution is 0.627. The first-order chi connectivity index (χ1) is 7.61. The Morgan fingerprint density at radius 2 is 2.12 bits per heavy atom. The van der Waals surface area contributed by atoms with Crippen molar-refractivity contribution in [2.45, 2.75) is 27.2 Å². The molecule has 0 unspecified atom stereocenters. The fraction of sp³-hybridized carbons (Fsp3) is 0.462. The Morgan fingerprint density at radius 1 is 1.38 bits per heavy atom. The first-order valence-electron chi connectivity index (χ1n) is 5.75. The topological polar surface area (TPSA) is 24.1 Å². The molecule has 1 rings (SSSR count). The molecule has 0 aliphatic carbocycles. The van der Waals surface area contributed by atoms with Crippen LogP contribution >= 0.6 is 12.2 Å². The molecular weight excluding hydrogens is 216 g/mol. The second-order valence-electron chi connectivity index (χ2n) is 4.28. The molecule has 2 nitrogen and oxygen atoms in total. The van der Waals surface area contributed by atoms with Crippen LogP contribution in [0.5, 0.6) is 0 Å². The molecule has 16 heavy (non-hydrogen) atoms. The zero-order chi connectivity index (χ0) is 12.0. The average Bonchev–Trinajstić information content (AvgIpc) is 2.26. The molecule has 1 aromatic carbocycles. The molecule has 2 N–H and O–H groups in total. The predicted molar refractivity (Wildman–Crippen MR) is 74.9 cm³/mol. The number of anilines is 1. The van der Waals surface area contributed by atoms with Crippen molar-refractivity contribution in [3.63, 3.8) is 0 Å². The van der Waals surface area contributed by atoms with Gasteiger partial charge in [-0.15, -0.1) is 0 Å². The van der Waals surface area contributed by atoms with E-state index < -0.39 is 0 Å². The van der Waals surface area contributed by atoms with E-state index >= 15 is 0 Å². The van der Waals surface area contributed by atoms with Crippen molar-refractivity contribution >= 4 is 23.0 Å². The first kappa shape index (κ1) is 13.0. The Hall–Kier alpha value is -1.09. The molecule has 0 saturated carbocycles. The van der Waals surface area contributed by atoms with E-state index in [0.29, 0.717) is 11.0 Å². The number of benzene rings is 1. The monoisotopic (exact) mass is 236 g/mol. The van der Waals surface area contributed by atoms with E-state index in [1.165, 1.54) is 5.56 Å². The standard InChI is InChI=1S/C13H20N2S/c1-4-11-6-5-7-12(8-11)15-13(16)14-9-10(2)3/h5-8,10H,4,9H2,1-3H3,(H2,14,15,16). The molecule has 0 fully saturated rings. The molecule has 3 heteroatoms. The summed E-state index contributed by atoms with van der Waals surface area (Å²) in [5, 5.41) is 7.08. The van der Waals surface area contributed by atoms with E-state index in [-0.39, 0.29) is 0 Å². The van der Waals surface area contributed by atoms with Gasteiger partial charge in [0.2, 0.25) is 0 Å². The van der Waals surface area contributed by atoms with Gasteiger partial charge in [0.15, 0.2) is 5.11 Å². The summed E-state index contributed by atoms with van der Waals surface area (Å²) in [6, 6.07) is 8.33. The first-order valence-corrected chi connectivity index (χ1v) is 6.16. The van der Waals surface area contributed by atoms with E-state index in [1.807, 2.05) is 12.1 Å². The second kappa shape index (κ2) is 6.48. The van der Waals surface area contributed by atoms with Gasteiger partial charge in [-0.05, 0) is 42.3 Å². The minimum atomic E-state index is 0.599. The van der Waals surface area contributed by atoms with Crippen molar-refractivity contribution in [1.82, 2.24) is 5.32 Å². The quantitative estimate of drug-likeness (QED) is 0.785. The third kappa shape index (κ3) is 4.62. The van der Waals surface area contributed by atoms with Crippen LogP contribution in [0.25, 0.3) is 0 Å². The van der Waals surface area contributed by atoms with Crippen LogP contribution in [-0.2, 0) is 6.42 Å². The highest BCUT2D eigenvalue weighted by molar-refractivity contribution is 7.80. The van der Waals surface area contributed by atoms with Crippen LogP contribution in [0.4, 0.5) is 5.69 Å². The molecule has 0 amide bonds. The number of nitrogens with one attached hydrogen (secondary N) is 2. The van der Waals surface area contributed by atoms with Crippen LogP contribution in [-0.4, -0.2) is 11.7 Å². The number of hydrogen-bond acceptors (Lipinski definition) is 1. The Labute approximate surface area is 103 Å². The number of thiocarbonyl (C=S) groups is 1. The smallest absolute Gasteiger partial charge is 0.170 e. The van der Waals surface area contributed by atoms with Crippen molar-refractivity contribution in [1.29, 1.82) is 0 Å². The number of rotatable bonds is 4. The molecule has 0 heterocycles. The van der Waals surface area contributed by atoms with E-state index in [2.05, 4.69) is 43.5 Å². The number of hydrogen-bond donors (Lipinski definition) is 2. The summed E-state index contributed by atoms with van der Waals surface area (Å²) in [6.07, 6.45) is 1.04. The van der Waals surface area contributed by atoms with Crippen LogP contribution < -0.4 is 10.6 Å². The highest BCUT2D eigenvalue weighted by Gasteiger charge is 1.99. The third-order valence-corrected chi connectivity index (χ3v) is 2.51. The minimum Gasteiger partial charge on any atom is -0.362 e. The summed E-state index contributed by atoms with van der Waals surface area (Å²) < 4.78 is 0. The van der Waals surface area contributed by atoms with Gasteiger partial charge in [0.05, 0.1) is 0 Å². The van der Waals surface area contributed by atoms with Gasteiger partial charge in [0.25, 0.3) is 0 Å². The maximum atomic E-state index is 5.21. The molecule has 0 saturated heterocycles. The fourth-order valence-corrected chi connectivity index (χ4v) is 1.54. The average molecular weight is 236 g/mol. The van der Waals surface area contributed by atoms with Gasteiger partial charge in [-0.3, -0.25) is 0 Å². The molecular formula is C13H20N2S. The Morgan fingerprint density at radius 3 is 2.75 bits per heavy atom. The molecule has 1 aromatic rings. The van der Waals surface area contributed by atoms with Gasteiger partial charge < -0.3 is 10.6 Å². The maximum absolute atomic E-state index is 5.21. The lowest BCUT2D eigenvalue weighted by atomic mass is 10.1. The Kier molecular flexibility index (Phi) is 5.26. The van der Waals surface area contributed by atoms with Crippen LogP contribution in [0, 0.1) is 5.92 Å². The van der Waals surface area contributed by atoms with Crippen LogP contribution in [0.3, 0.4) is 0 Å². The van der Waals surface area contributed by atoms with Crippen molar-refractivity contribution in [2.24, 2.45) is 5.92 Å². The molecule has 88 valence electrons. The van der Waals surface area contributed by atoms with E-state index in [9.17, 15) is 0 Å². The van der Waals surface area contributed by atoms with Crippen LogP contribution in [0.2, 0.25) is 0 Å². The van der Waals surface area contributed by atoms with Gasteiger partial charge >= 0.3 is 0 Å². The summed E-state index contributed by atoms with van der Waals surface area (Å²) in [7, 11) is 0. The molecule has 0 aliphatic rings. The van der Waals surface area contributed by atoms with Gasteiger partial charge in [-0.2, -0.15) is 0 Å². The normalized spacial score (nSPS) is 10.2. The predicted octanol–water partition coefficient (Wildman–Crippen LogP) is 3.19. The molecule has 0 aromatic heterocycles. The third-order valence-electron chi connectivity index (χ3n) is 2.26. The molecule has 0 bridgehead atoms.